The Balaban J connectivity index is 1.89. The summed E-state index contributed by atoms with van der Waals surface area (Å²) >= 11 is 0. The van der Waals surface area contributed by atoms with E-state index >= 15 is 0 Å². The molecule has 0 saturated carbocycles. The van der Waals surface area contributed by atoms with Crippen molar-refractivity contribution in [3.8, 4) is 0 Å². The number of ether oxygens (including phenoxy) is 1. The fourth-order valence-corrected chi connectivity index (χ4v) is 3.38. The molecule has 0 spiro atoms. The molecule has 0 bridgehead atoms. The van der Waals surface area contributed by atoms with Gasteiger partial charge in [0.25, 0.3) is 10.0 Å². The van der Waals surface area contributed by atoms with Crippen molar-refractivity contribution in [2.24, 2.45) is 0 Å². The number of carbonyl (C=O) groups excluding carboxylic acids is 1. The van der Waals surface area contributed by atoms with Gasteiger partial charge in [-0.2, -0.15) is 0 Å². The highest BCUT2D eigenvalue weighted by molar-refractivity contribution is 7.92. The molecule has 126 valence electrons. The third kappa shape index (κ3) is 3.16. The molecule has 0 aromatic heterocycles. The number of halogens is 2. The molecule has 1 amide bonds. The maximum atomic E-state index is 13.7. The van der Waals surface area contributed by atoms with Crippen LogP contribution in [-0.4, -0.2) is 27.7 Å². The van der Waals surface area contributed by atoms with Crippen molar-refractivity contribution in [1.29, 1.82) is 0 Å². The second-order valence-corrected chi connectivity index (χ2v) is 6.65. The first-order valence-corrected chi connectivity index (χ1v) is 8.37. The summed E-state index contributed by atoms with van der Waals surface area (Å²) in [5, 5.41) is 0. The minimum absolute atomic E-state index is 0.135. The minimum Gasteiger partial charge on any atom is -0.447 e. The number of hydrogen-bond acceptors (Lipinski definition) is 4. The SMILES string of the molecule is O=C1OCCN1c1cccc(NS(=O)(=O)c2ccc(F)cc2F)c1. The van der Waals surface area contributed by atoms with Crippen LogP contribution in [0.5, 0.6) is 0 Å². The molecule has 0 radical (unpaired) electrons. The van der Waals surface area contributed by atoms with Gasteiger partial charge < -0.3 is 4.74 Å². The Kier molecular flexibility index (Phi) is 4.10. The molecule has 2 aromatic carbocycles. The number of amides is 1. The van der Waals surface area contributed by atoms with E-state index in [0.29, 0.717) is 18.3 Å². The van der Waals surface area contributed by atoms with Crippen LogP contribution in [0.25, 0.3) is 0 Å². The largest absolute Gasteiger partial charge is 0.447 e. The molecular formula is C15H12F2N2O4S. The van der Waals surface area contributed by atoms with Crippen LogP contribution in [0.4, 0.5) is 25.0 Å². The first-order valence-electron chi connectivity index (χ1n) is 6.89. The average molecular weight is 354 g/mol. The van der Waals surface area contributed by atoms with E-state index in [1.54, 1.807) is 12.1 Å². The van der Waals surface area contributed by atoms with Crippen LogP contribution in [0.15, 0.2) is 47.4 Å². The van der Waals surface area contributed by atoms with Crippen molar-refractivity contribution < 1.29 is 26.7 Å². The number of nitrogens with one attached hydrogen (secondary N) is 1. The lowest BCUT2D eigenvalue weighted by atomic mass is 10.2. The molecule has 1 aliphatic rings. The lowest BCUT2D eigenvalue weighted by Gasteiger charge is -2.15. The molecule has 6 nitrogen and oxygen atoms in total. The van der Waals surface area contributed by atoms with Crippen molar-refractivity contribution in [2.75, 3.05) is 22.8 Å². The Labute approximate surface area is 136 Å². The van der Waals surface area contributed by atoms with Crippen LogP contribution in [0.2, 0.25) is 0 Å². The molecule has 1 heterocycles. The molecule has 1 saturated heterocycles. The summed E-state index contributed by atoms with van der Waals surface area (Å²) in [4.78, 5) is 12.2. The molecule has 1 aliphatic heterocycles. The van der Waals surface area contributed by atoms with Gasteiger partial charge >= 0.3 is 6.09 Å². The average Bonchev–Trinajstić information content (AvgIpc) is 2.92. The molecule has 0 aliphatic carbocycles. The Morgan fingerprint density at radius 2 is 1.92 bits per heavy atom. The van der Waals surface area contributed by atoms with Crippen molar-refractivity contribution in [3.63, 3.8) is 0 Å². The highest BCUT2D eigenvalue weighted by atomic mass is 32.2. The van der Waals surface area contributed by atoms with Crippen molar-refractivity contribution in [3.05, 3.63) is 54.1 Å². The molecule has 3 rings (SSSR count). The van der Waals surface area contributed by atoms with Gasteiger partial charge in [0.05, 0.1) is 12.2 Å². The number of cyclic esters (lactones) is 1. The van der Waals surface area contributed by atoms with Gasteiger partial charge in [-0.05, 0) is 30.3 Å². The van der Waals surface area contributed by atoms with Crippen LogP contribution < -0.4 is 9.62 Å². The van der Waals surface area contributed by atoms with Crippen molar-refractivity contribution in [2.45, 2.75) is 4.90 Å². The maximum absolute atomic E-state index is 13.7. The number of anilines is 2. The molecule has 9 heteroatoms. The summed E-state index contributed by atoms with van der Waals surface area (Å²) in [7, 11) is -4.24. The zero-order valence-electron chi connectivity index (χ0n) is 12.2. The first-order chi connectivity index (χ1) is 11.4. The van der Waals surface area contributed by atoms with Gasteiger partial charge in [-0.3, -0.25) is 9.62 Å². The lowest BCUT2D eigenvalue weighted by Crippen LogP contribution is -2.23. The number of hydrogen-bond donors (Lipinski definition) is 1. The smallest absolute Gasteiger partial charge is 0.414 e. The number of rotatable bonds is 4. The van der Waals surface area contributed by atoms with Gasteiger partial charge in [-0.25, -0.2) is 22.0 Å². The summed E-state index contributed by atoms with van der Waals surface area (Å²) in [5.41, 5.74) is 0.577. The summed E-state index contributed by atoms with van der Waals surface area (Å²) in [6.07, 6.45) is -0.528. The number of nitrogens with zero attached hydrogens (tertiary/aromatic N) is 1. The van der Waals surface area contributed by atoms with E-state index in [9.17, 15) is 22.0 Å². The Morgan fingerprint density at radius 1 is 1.12 bits per heavy atom. The molecule has 2 aromatic rings. The van der Waals surface area contributed by atoms with Crippen LogP contribution in [-0.2, 0) is 14.8 Å². The van der Waals surface area contributed by atoms with Crippen LogP contribution in [0, 0.1) is 11.6 Å². The Morgan fingerprint density at radius 3 is 2.58 bits per heavy atom. The predicted octanol–water partition coefficient (Wildman–Crippen LogP) is 2.72. The number of benzene rings is 2. The van der Waals surface area contributed by atoms with Gasteiger partial charge in [0.1, 0.15) is 23.1 Å². The van der Waals surface area contributed by atoms with Gasteiger partial charge in [-0.15, -0.1) is 0 Å². The minimum atomic E-state index is -4.24. The monoisotopic (exact) mass is 354 g/mol. The molecule has 1 N–H and O–H groups in total. The van der Waals surface area contributed by atoms with Crippen LogP contribution >= 0.6 is 0 Å². The third-order valence-corrected chi connectivity index (χ3v) is 4.77. The number of sulfonamides is 1. The third-order valence-electron chi connectivity index (χ3n) is 3.35. The number of carbonyl (C=O) groups is 1. The normalized spacial score (nSPS) is 14.6. The molecule has 0 unspecified atom stereocenters. The van der Waals surface area contributed by atoms with E-state index < -0.39 is 32.6 Å². The second kappa shape index (κ2) is 6.08. The fraction of sp³-hybridized carbons (Fsp3) is 0.133. The molecule has 0 atom stereocenters. The van der Waals surface area contributed by atoms with Crippen molar-refractivity contribution in [1.82, 2.24) is 0 Å². The van der Waals surface area contributed by atoms with Gasteiger partial charge in [-0.1, -0.05) is 6.07 Å². The lowest BCUT2D eigenvalue weighted by molar-refractivity contribution is 0.181. The van der Waals surface area contributed by atoms with Crippen molar-refractivity contribution >= 4 is 27.5 Å². The Bertz CT molecular complexity index is 902. The fourth-order valence-electron chi connectivity index (χ4n) is 2.27. The van der Waals surface area contributed by atoms with E-state index in [4.69, 9.17) is 4.74 Å². The van der Waals surface area contributed by atoms with E-state index in [2.05, 4.69) is 4.72 Å². The summed E-state index contributed by atoms with van der Waals surface area (Å²) in [6.45, 7) is 0.594. The zero-order chi connectivity index (χ0) is 17.3. The van der Waals surface area contributed by atoms with Crippen LogP contribution in [0.3, 0.4) is 0 Å². The highest BCUT2D eigenvalue weighted by Crippen LogP contribution is 2.25. The Hall–Kier alpha value is -2.68. The van der Waals surface area contributed by atoms with E-state index in [1.807, 2.05) is 0 Å². The summed E-state index contributed by atoms with van der Waals surface area (Å²) < 4.78 is 58.1. The van der Waals surface area contributed by atoms with Crippen LogP contribution in [0.1, 0.15) is 0 Å². The first kappa shape index (κ1) is 16.2. The predicted molar refractivity (Wildman–Crippen MR) is 82.3 cm³/mol. The molecule has 24 heavy (non-hydrogen) atoms. The second-order valence-electron chi connectivity index (χ2n) is 5.00. The summed E-state index contributed by atoms with van der Waals surface area (Å²) in [5.74, 6) is -2.07. The molecule has 1 fully saturated rings. The van der Waals surface area contributed by atoms with Gasteiger partial charge in [0.2, 0.25) is 0 Å². The quantitative estimate of drug-likeness (QED) is 0.916. The van der Waals surface area contributed by atoms with E-state index in [1.165, 1.54) is 17.0 Å². The zero-order valence-corrected chi connectivity index (χ0v) is 13.0. The van der Waals surface area contributed by atoms with Gasteiger partial charge in [0.15, 0.2) is 0 Å². The highest BCUT2D eigenvalue weighted by Gasteiger charge is 2.24. The summed E-state index contributed by atoms with van der Waals surface area (Å²) in [6, 6.07) is 8.21. The maximum Gasteiger partial charge on any atom is 0.414 e. The van der Waals surface area contributed by atoms with E-state index in [-0.39, 0.29) is 12.3 Å². The van der Waals surface area contributed by atoms with Gasteiger partial charge in [0, 0.05) is 11.8 Å². The molecular weight excluding hydrogens is 342 g/mol. The standard InChI is InChI=1S/C15H12F2N2O4S/c16-10-4-5-14(13(17)8-10)24(21,22)18-11-2-1-3-12(9-11)19-6-7-23-15(19)20/h1-5,8-9,18H,6-7H2. The van der Waals surface area contributed by atoms with E-state index in [0.717, 1.165) is 12.1 Å². The topological polar surface area (TPSA) is 75.7 Å².